The van der Waals surface area contributed by atoms with Crippen molar-refractivity contribution in [1.29, 1.82) is 0 Å². The van der Waals surface area contributed by atoms with Crippen molar-refractivity contribution in [2.45, 2.75) is 5.16 Å². The summed E-state index contributed by atoms with van der Waals surface area (Å²) in [6, 6.07) is 3.54. The van der Waals surface area contributed by atoms with Crippen molar-refractivity contribution in [3.05, 3.63) is 18.4 Å². The molecule has 2 aromatic rings. The van der Waals surface area contributed by atoms with Crippen molar-refractivity contribution in [2.24, 2.45) is 7.05 Å². The Bertz CT molecular complexity index is 623. The van der Waals surface area contributed by atoms with E-state index in [0.717, 1.165) is 0 Å². The van der Waals surface area contributed by atoms with Crippen LogP contribution in [0.25, 0.3) is 11.6 Å². The molecule has 0 bridgehead atoms. The summed E-state index contributed by atoms with van der Waals surface area (Å²) in [7, 11) is 3.05. The van der Waals surface area contributed by atoms with Crippen molar-refractivity contribution in [1.82, 2.24) is 20.1 Å². The zero-order valence-corrected chi connectivity index (χ0v) is 12.3. The van der Waals surface area contributed by atoms with E-state index in [1.54, 1.807) is 30.0 Å². The monoisotopic (exact) mass is 310 g/mol. The fraction of sp³-hybridized carbons (Fsp3) is 0.333. The second kappa shape index (κ2) is 6.93. The third-order valence-electron chi connectivity index (χ3n) is 2.57. The van der Waals surface area contributed by atoms with Crippen molar-refractivity contribution in [3.8, 4) is 11.6 Å². The molecule has 9 heteroatoms. The van der Waals surface area contributed by atoms with Crippen molar-refractivity contribution < 1.29 is 18.7 Å². The minimum absolute atomic E-state index is 0.126. The molecule has 1 amide bonds. The van der Waals surface area contributed by atoms with Gasteiger partial charge in [0, 0.05) is 7.05 Å². The number of rotatable bonds is 6. The second-order valence-corrected chi connectivity index (χ2v) is 4.93. The third kappa shape index (κ3) is 3.85. The SMILES string of the molecule is COC(=O)CNC(=O)CSc1nnc(-c2ccco2)n1C. The van der Waals surface area contributed by atoms with Gasteiger partial charge in [-0.3, -0.25) is 9.59 Å². The highest BCUT2D eigenvalue weighted by atomic mass is 32.2. The van der Waals surface area contributed by atoms with Crippen LogP contribution in [-0.4, -0.2) is 46.0 Å². The molecular formula is C12H14N4O4S. The average molecular weight is 310 g/mol. The number of amides is 1. The molecule has 0 saturated heterocycles. The predicted octanol–water partition coefficient (Wildman–Crippen LogP) is 0.456. The number of hydrogen-bond donors (Lipinski definition) is 1. The number of nitrogens with zero attached hydrogens (tertiary/aromatic N) is 3. The first-order valence-electron chi connectivity index (χ1n) is 6.01. The van der Waals surface area contributed by atoms with Crippen molar-refractivity contribution in [3.63, 3.8) is 0 Å². The molecular weight excluding hydrogens is 296 g/mol. The number of hydrogen-bond acceptors (Lipinski definition) is 7. The van der Waals surface area contributed by atoms with Crippen LogP contribution in [0.2, 0.25) is 0 Å². The summed E-state index contributed by atoms with van der Waals surface area (Å²) >= 11 is 1.22. The van der Waals surface area contributed by atoms with Gasteiger partial charge in [0.2, 0.25) is 5.91 Å². The summed E-state index contributed by atoms with van der Waals surface area (Å²) in [5.41, 5.74) is 0. The van der Waals surface area contributed by atoms with Gasteiger partial charge in [0.1, 0.15) is 6.54 Å². The quantitative estimate of drug-likeness (QED) is 0.611. The molecule has 8 nitrogen and oxygen atoms in total. The number of ether oxygens (including phenoxy) is 1. The molecule has 0 aliphatic rings. The number of carbonyl (C=O) groups excluding carboxylic acids is 2. The maximum atomic E-state index is 11.6. The van der Waals surface area contributed by atoms with Crippen LogP contribution in [0.3, 0.4) is 0 Å². The second-order valence-electron chi connectivity index (χ2n) is 3.98. The Morgan fingerprint density at radius 1 is 1.48 bits per heavy atom. The molecule has 0 spiro atoms. The molecule has 2 rings (SSSR count). The van der Waals surface area contributed by atoms with Gasteiger partial charge in [-0.05, 0) is 12.1 Å². The first kappa shape index (κ1) is 15.1. The smallest absolute Gasteiger partial charge is 0.325 e. The van der Waals surface area contributed by atoms with E-state index in [2.05, 4.69) is 20.3 Å². The Morgan fingerprint density at radius 2 is 2.29 bits per heavy atom. The minimum Gasteiger partial charge on any atom is -0.468 e. The van der Waals surface area contributed by atoms with Crippen LogP contribution in [0.4, 0.5) is 0 Å². The van der Waals surface area contributed by atoms with E-state index < -0.39 is 5.97 Å². The van der Waals surface area contributed by atoms with E-state index in [1.165, 1.54) is 18.9 Å². The Hall–Kier alpha value is -2.29. The van der Waals surface area contributed by atoms with E-state index in [-0.39, 0.29) is 18.2 Å². The van der Waals surface area contributed by atoms with Crippen LogP contribution in [0.15, 0.2) is 28.0 Å². The van der Waals surface area contributed by atoms with Gasteiger partial charge < -0.3 is 19.0 Å². The lowest BCUT2D eigenvalue weighted by molar-refractivity contribution is -0.140. The average Bonchev–Trinajstić information content (AvgIpc) is 3.12. The van der Waals surface area contributed by atoms with Gasteiger partial charge in [-0.2, -0.15) is 0 Å². The third-order valence-corrected chi connectivity index (χ3v) is 3.59. The topological polar surface area (TPSA) is 99.2 Å². The molecule has 0 saturated carbocycles. The zero-order valence-electron chi connectivity index (χ0n) is 11.5. The summed E-state index contributed by atoms with van der Waals surface area (Å²) in [4.78, 5) is 22.5. The van der Waals surface area contributed by atoms with Crippen LogP contribution in [0.1, 0.15) is 0 Å². The highest BCUT2D eigenvalue weighted by molar-refractivity contribution is 7.99. The number of nitrogens with one attached hydrogen (secondary N) is 1. The number of thioether (sulfide) groups is 1. The molecule has 0 fully saturated rings. The van der Waals surface area contributed by atoms with Gasteiger partial charge >= 0.3 is 5.97 Å². The molecule has 0 unspecified atom stereocenters. The predicted molar refractivity (Wildman–Crippen MR) is 74.5 cm³/mol. The lowest BCUT2D eigenvalue weighted by atomic mass is 10.4. The highest BCUT2D eigenvalue weighted by Crippen LogP contribution is 2.22. The Labute approximate surface area is 124 Å². The van der Waals surface area contributed by atoms with E-state index in [4.69, 9.17) is 4.42 Å². The Kier molecular flexibility index (Phi) is 4.99. The molecule has 21 heavy (non-hydrogen) atoms. The molecule has 0 aliphatic heterocycles. The maximum absolute atomic E-state index is 11.6. The number of carbonyl (C=O) groups is 2. The molecule has 1 N–H and O–H groups in total. The summed E-state index contributed by atoms with van der Waals surface area (Å²) in [5.74, 6) is 0.533. The van der Waals surface area contributed by atoms with Gasteiger partial charge in [-0.15, -0.1) is 10.2 Å². The number of furan rings is 1. The van der Waals surface area contributed by atoms with Crippen LogP contribution < -0.4 is 5.32 Å². The normalized spacial score (nSPS) is 10.4. The first-order valence-corrected chi connectivity index (χ1v) is 7.00. The fourth-order valence-electron chi connectivity index (χ4n) is 1.48. The van der Waals surface area contributed by atoms with Gasteiger partial charge in [-0.1, -0.05) is 11.8 Å². The molecule has 0 aliphatic carbocycles. The van der Waals surface area contributed by atoms with Gasteiger partial charge in [-0.25, -0.2) is 0 Å². The molecule has 2 heterocycles. The highest BCUT2D eigenvalue weighted by Gasteiger charge is 2.14. The van der Waals surface area contributed by atoms with Crippen LogP contribution >= 0.6 is 11.8 Å². The van der Waals surface area contributed by atoms with Crippen molar-refractivity contribution in [2.75, 3.05) is 19.4 Å². The molecule has 0 radical (unpaired) electrons. The van der Waals surface area contributed by atoms with Gasteiger partial charge in [0.15, 0.2) is 16.7 Å². The lowest BCUT2D eigenvalue weighted by Gasteiger charge is -2.04. The van der Waals surface area contributed by atoms with Gasteiger partial charge in [0.25, 0.3) is 0 Å². The lowest BCUT2D eigenvalue weighted by Crippen LogP contribution is -2.31. The van der Waals surface area contributed by atoms with E-state index >= 15 is 0 Å². The Morgan fingerprint density at radius 3 is 2.95 bits per heavy atom. The molecule has 0 atom stereocenters. The summed E-state index contributed by atoms with van der Waals surface area (Å²) in [6.07, 6.45) is 1.55. The minimum atomic E-state index is -0.493. The first-order chi connectivity index (χ1) is 10.1. The number of esters is 1. The van der Waals surface area contributed by atoms with Crippen molar-refractivity contribution >= 4 is 23.6 Å². The van der Waals surface area contributed by atoms with Gasteiger partial charge in [0.05, 0.1) is 19.1 Å². The van der Waals surface area contributed by atoms with E-state index in [9.17, 15) is 9.59 Å². The fourth-order valence-corrected chi connectivity index (χ4v) is 2.23. The standard InChI is InChI=1S/C12H14N4O4S/c1-16-11(8-4-3-5-20-8)14-15-12(16)21-7-9(17)13-6-10(18)19-2/h3-5H,6-7H2,1-2H3,(H,13,17). The summed E-state index contributed by atoms with van der Waals surface area (Å²) in [6.45, 7) is -0.146. The molecule has 0 aromatic carbocycles. The largest absolute Gasteiger partial charge is 0.468 e. The maximum Gasteiger partial charge on any atom is 0.325 e. The number of aromatic nitrogens is 3. The van der Waals surface area contributed by atoms with Crippen LogP contribution in [-0.2, 0) is 21.4 Å². The Balaban J connectivity index is 1.89. The van der Waals surface area contributed by atoms with Crippen LogP contribution in [0.5, 0.6) is 0 Å². The summed E-state index contributed by atoms with van der Waals surface area (Å²) < 4.78 is 11.4. The number of methoxy groups -OCH3 is 1. The zero-order chi connectivity index (χ0) is 15.2. The summed E-state index contributed by atoms with van der Waals surface area (Å²) in [5, 5.41) is 11.0. The van der Waals surface area contributed by atoms with E-state index in [0.29, 0.717) is 16.7 Å². The molecule has 112 valence electrons. The van der Waals surface area contributed by atoms with Crippen LogP contribution in [0, 0.1) is 0 Å². The van der Waals surface area contributed by atoms with E-state index in [1.807, 2.05) is 0 Å². The molecule has 2 aromatic heterocycles.